The molecule has 0 bridgehead atoms. The minimum Gasteiger partial charge on any atom is -0.490 e. The molecule has 0 saturated carbocycles. The number of carbonyl (C=O) groups excluding carboxylic acids is 1. The number of aromatic nitrogens is 1. The molecule has 0 aromatic carbocycles. The van der Waals surface area contributed by atoms with Crippen LogP contribution in [0.5, 0.6) is 5.75 Å². The zero-order valence-corrected chi connectivity index (χ0v) is 15.7. The van der Waals surface area contributed by atoms with Crippen molar-refractivity contribution in [1.82, 2.24) is 9.88 Å². The summed E-state index contributed by atoms with van der Waals surface area (Å²) in [5.74, 6) is 0.541. The number of pyridine rings is 1. The number of nitrogens with two attached hydrogens (primary N) is 1. The highest BCUT2D eigenvalue weighted by Crippen LogP contribution is 2.37. The number of carbonyl (C=O) groups is 1. The van der Waals surface area contributed by atoms with E-state index in [2.05, 4.69) is 4.98 Å². The lowest BCUT2D eigenvalue weighted by molar-refractivity contribution is -0.138. The first-order chi connectivity index (χ1) is 13.3. The standard InChI is InChI=1S/C18H25F3N4O3/c1-12(22)11-27-6-3-16(26)24-4-5-25-14(10-24)2-7-28-15-8-13(18(19,20)21)9-23-17(15)25/h8-9,12,14H,2-7,10-11,22H2,1H3/t12-,14?/m0/s1. The number of ether oxygens (including phenoxy) is 2. The lowest BCUT2D eigenvalue weighted by Gasteiger charge is -2.41. The fraction of sp³-hybridized carbons (Fsp3) is 0.667. The Kier molecular flexibility index (Phi) is 6.29. The molecule has 3 heterocycles. The Morgan fingerprint density at radius 2 is 2.25 bits per heavy atom. The maximum atomic E-state index is 12.9. The summed E-state index contributed by atoms with van der Waals surface area (Å²) >= 11 is 0. The molecule has 7 nitrogen and oxygen atoms in total. The van der Waals surface area contributed by atoms with Gasteiger partial charge in [0, 0.05) is 38.3 Å². The summed E-state index contributed by atoms with van der Waals surface area (Å²) in [6.07, 6.45) is -2.76. The Hall–Kier alpha value is -2.07. The third kappa shape index (κ3) is 4.85. The van der Waals surface area contributed by atoms with E-state index in [0.717, 1.165) is 12.3 Å². The first-order valence-corrected chi connectivity index (χ1v) is 9.33. The van der Waals surface area contributed by atoms with Crippen LogP contribution in [0.15, 0.2) is 12.3 Å². The molecule has 1 saturated heterocycles. The van der Waals surface area contributed by atoms with Crippen LogP contribution in [0.25, 0.3) is 0 Å². The van der Waals surface area contributed by atoms with Gasteiger partial charge in [0.2, 0.25) is 5.91 Å². The van der Waals surface area contributed by atoms with Crippen molar-refractivity contribution in [1.29, 1.82) is 0 Å². The smallest absolute Gasteiger partial charge is 0.418 e. The maximum Gasteiger partial charge on any atom is 0.418 e. The molecule has 2 N–H and O–H groups in total. The fourth-order valence-corrected chi connectivity index (χ4v) is 3.41. The second-order valence-corrected chi connectivity index (χ2v) is 7.17. The molecule has 2 aliphatic heterocycles. The predicted molar refractivity (Wildman–Crippen MR) is 96.2 cm³/mol. The summed E-state index contributed by atoms with van der Waals surface area (Å²) < 4.78 is 49.7. The van der Waals surface area contributed by atoms with Crippen molar-refractivity contribution in [3.05, 3.63) is 17.8 Å². The zero-order chi connectivity index (χ0) is 20.3. The van der Waals surface area contributed by atoms with Crippen molar-refractivity contribution in [2.45, 2.75) is 38.0 Å². The summed E-state index contributed by atoms with van der Waals surface area (Å²) in [5, 5.41) is 0. The lowest BCUT2D eigenvalue weighted by atomic mass is 10.1. The molecule has 0 spiro atoms. The van der Waals surface area contributed by atoms with E-state index in [1.807, 2.05) is 11.8 Å². The van der Waals surface area contributed by atoms with Crippen LogP contribution in [-0.4, -0.2) is 67.3 Å². The third-order valence-electron chi connectivity index (χ3n) is 4.82. The number of amides is 1. The van der Waals surface area contributed by atoms with Crippen molar-refractivity contribution in [3.63, 3.8) is 0 Å². The average Bonchev–Trinajstić information content (AvgIpc) is 2.82. The van der Waals surface area contributed by atoms with Crippen LogP contribution in [0.2, 0.25) is 0 Å². The van der Waals surface area contributed by atoms with Gasteiger partial charge in [0.1, 0.15) is 0 Å². The Morgan fingerprint density at radius 3 is 2.96 bits per heavy atom. The number of anilines is 1. The summed E-state index contributed by atoms with van der Waals surface area (Å²) in [6, 6.07) is 0.876. The van der Waals surface area contributed by atoms with Gasteiger partial charge >= 0.3 is 6.18 Å². The van der Waals surface area contributed by atoms with Gasteiger partial charge in [-0.05, 0) is 13.0 Å². The van der Waals surface area contributed by atoms with Crippen LogP contribution >= 0.6 is 0 Å². The first-order valence-electron chi connectivity index (χ1n) is 9.33. The molecule has 1 aromatic rings. The second-order valence-electron chi connectivity index (χ2n) is 7.17. The van der Waals surface area contributed by atoms with Crippen molar-refractivity contribution in [2.24, 2.45) is 5.73 Å². The molecule has 3 rings (SSSR count). The van der Waals surface area contributed by atoms with E-state index in [1.54, 1.807) is 4.90 Å². The molecule has 0 aliphatic carbocycles. The third-order valence-corrected chi connectivity index (χ3v) is 4.82. The monoisotopic (exact) mass is 402 g/mol. The van der Waals surface area contributed by atoms with E-state index in [1.165, 1.54) is 0 Å². The van der Waals surface area contributed by atoms with Gasteiger partial charge in [0.25, 0.3) is 0 Å². The van der Waals surface area contributed by atoms with E-state index in [-0.39, 0.29) is 36.8 Å². The van der Waals surface area contributed by atoms with Gasteiger partial charge < -0.3 is 25.0 Å². The molecule has 1 unspecified atom stereocenters. The van der Waals surface area contributed by atoms with E-state index < -0.39 is 11.7 Å². The highest BCUT2D eigenvalue weighted by atomic mass is 19.4. The van der Waals surface area contributed by atoms with Crippen LogP contribution in [0, 0.1) is 0 Å². The van der Waals surface area contributed by atoms with Crippen molar-refractivity contribution in [2.75, 3.05) is 44.4 Å². The van der Waals surface area contributed by atoms with Gasteiger partial charge in [-0.2, -0.15) is 13.2 Å². The van der Waals surface area contributed by atoms with Crippen LogP contribution in [0.1, 0.15) is 25.3 Å². The molecule has 1 aromatic heterocycles. The quantitative estimate of drug-likeness (QED) is 0.755. The average molecular weight is 402 g/mol. The van der Waals surface area contributed by atoms with Gasteiger partial charge in [-0.3, -0.25) is 4.79 Å². The highest BCUT2D eigenvalue weighted by Gasteiger charge is 2.36. The summed E-state index contributed by atoms with van der Waals surface area (Å²) in [4.78, 5) is 20.2. The molecular weight excluding hydrogens is 377 g/mol. The van der Waals surface area contributed by atoms with Crippen LogP contribution in [0.3, 0.4) is 0 Å². The van der Waals surface area contributed by atoms with Crippen LogP contribution < -0.4 is 15.4 Å². The Morgan fingerprint density at radius 1 is 1.46 bits per heavy atom. The minimum atomic E-state index is -4.47. The minimum absolute atomic E-state index is 0.00454. The number of nitrogens with zero attached hydrogens (tertiary/aromatic N) is 3. The topological polar surface area (TPSA) is 80.9 Å². The maximum absolute atomic E-state index is 12.9. The fourth-order valence-electron chi connectivity index (χ4n) is 3.41. The first kappa shape index (κ1) is 20.7. The Balaban J connectivity index is 1.63. The van der Waals surface area contributed by atoms with E-state index >= 15 is 0 Å². The Labute approximate surface area is 161 Å². The van der Waals surface area contributed by atoms with Crippen molar-refractivity contribution < 1.29 is 27.4 Å². The normalized spacial score (nSPS) is 20.7. The second kappa shape index (κ2) is 8.52. The number of alkyl halides is 3. The summed E-state index contributed by atoms with van der Waals surface area (Å²) in [5.41, 5.74) is 4.78. The number of hydrogen-bond acceptors (Lipinski definition) is 6. The van der Waals surface area contributed by atoms with Gasteiger partial charge in [0.15, 0.2) is 11.6 Å². The number of fused-ring (bicyclic) bond motifs is 3. The van der Waals surface area contributed by atoms with Crippen LogP contribution in [0.4, 0.5) is 19.0 Å². The molecule has 10 heteroatoms. The van der Waals surface area contributed by atoms with Crippen molar-refractivity contribution in [3.8, 4) is 5.75 Å². The van der Waals surface area contributed by atoms with Gasteiger partial charge in [-0.15, -0.1) is 0 Å². The molecular formula is C18H25F3N4O3. The van der Waals surface area contributed by atoms with Gasteiger partial charge in [0.05, 0.1) is 37.8 Å². The number of piperazine rings is 1. The molecule has 156 valence electrons. The van der Waals surface area contributed by atoms with Gasteiger partial charge in [-0.1, -0.05) is 0 Å². The van der Waals surface area contributed by atoms with E-state index in [0.29, 0.717) is 45.1 Å². The predicted octanol–water partition coefficient (Wildman–Crippen LogP) is 1.65. The highest BCUT2D eigenvalue weighted by molar-refractivity contribution is 5.76. The van der Waals surface area contributed by atoms with Crippen LogP contribution in [-0.2, 0) is 15.7 Å². The number of rotatable bonds is 5. The van der Waals surface area contributed by atoms with Gasteiger partial charge in [-0.25, -0.2) is 4.98 Å². The van der Waals surface area contributed by atoms with E-state index in [4.69, 9.17) is 15.2 Å². The molecule has 28 heavy (non-hydrogen) atoms. The SMILES string of the molecule is C[C@H](N)COCCC(=O)N1CCN2c3ncc(C(F)(F)F)cc3OCCC2C1. The molecule has 2 aliphatic rings. The summed E-state index contributed by atoms with van der Waals surface area (Å²) in [7, 11) is 0. The Bertz CT molecular complexity index is 699. The summed E-state index contributed by atoms with van der Waals surface area (Å²) in [6.45, 7) is 4.28. The molecule has 2 atom stereocenters. The zero-order valence-electron chi connectivity index (χ0n) is 15.7. The van der Waals surface area contributed by atoms with E-state index in [9.17, 15) is 18.0 Å². The van der Waals surface area contributed by atoms with Crippen molar-refractivity contribution >= 4 is 11.7 Å². The lowest BCUT2D eigenvalue weighted by Crippen LogP contribution is -2.55. The molecule has 1 amide bonds. The largest absolute Gasteiger partial charge is 0.490 e. The number of hydrogen-bond donors (Lipinski definition) is 1. The molecule has 0 radical (unpaired) electrons. The number of halogens is 3. The molecule has 1 fully saturated rings.